The number of hydrogen-bond donors (Lipinski definition) is 2. The fraction of sp³-hybridized carbons (Fsp3) is 0.348. The normalized spacial score (nSPS) is 16.0. The molecule has 2 N–H and O–H groups in total. The van der Waals surface area contributed by atoms with Crippen molar-refractivity contribution in [2.75, 3.05) is 37.1 Å². The van der Waals surface area contributed by atoms with Crippen LogP contribution in [0, 0.1) is 5.92 Å². The number of amides is 2. The van der Waals surface area contributed by atoms with Crippen LogP contribution in [0.2, 0.25) is 0 Å². The second-order valence-electron chi connectivity index (χ2n) is 7.79. The van der Waals surface area contributed by atoms with Crippen LogP contribution in [0.1, 0.15) is 30.1 Å². The Morgan fingerprint density at radius 1 is 0.935 bits per heavy atom. The predicted octanol–water partition coefficient (Wildman–Crippen LogP) is 2.91. The van der Waals surface area contributed by atoms with Gasteiger partial charge >= 0.3 is 0 Å². The number of fused-ring (bicyclic) bond motifs is 1. The Morgan fingerprint density at radius 3 is 2.32 bits per heavy atom. The van der Waals surface area contributed by atoms with E-state index in [1.165, 1.54) is 6.92 Å². The van der Waals surface area contributed by atoms with Crippen LogP contribution < -0.4 is 20.1 Å². The maximum Gasteiger partial charge on any atom is 0.238 e. The van der Waals surface area contributed by atoms with Crippen LogP contribution in [0.3, 0.4) is 0 Å². The van der Waals surface area contributed by atoms with Gasteiger partial charge in [0.05, 0.1) is 6.54 Å². The van der Waals surface area contributed by atoms with E-state index in [2.05, 4.69) is 10.6 Å². The number of Topliss-reactive ketones (excluding diaryl/α,β-unsaturated/α-hetero) is 1. The van der Waals surface area contributed by atoms with E-state index in [1.807, 2.05) is 4.90 Å². The lowest BCUT2D eigenvalue weighted by Gasteiger charge is -2.30. The minimum atomic E-state index is -0.112. The summed E-state index contributed by atoms with van der Waals surface area (Å²) in [5.41, 5.74) is 1.96. The van der Waals surface area contributed by atoms with E-state index in [0.29, 0.717) is 54.4 Å². The molecular formula is C23H25N3O5. The molecule has 4 rings (SSSR count). The van der Waals surface area contributed by atoms with Gasteiger partial charge in [0.15, 0.2) is 17.3 Å². The fourth-order valence-electron chi connectivity index (χ4n) is 3.76. The SMILES string of the molecule is CC(=O)c1ccc(NC(=O)CN2CCC(C(=O)Nc3ccc4c(c3)OCO4)CC2)cc1. The standard InChI is InChI=1S/C23H25N3O5/c1-15(27)16-2-4-18(5-3-16)24-22(28)13-26-10-8-17(9-11-26)23(29)25-19-6-7-20-21(12-19)31-14-30-20/h2-7,12,17H,8-11,13-14H2,1H3,(H,24,28)(H,25,29). The highest BCUT2D eigenvalue weighted by molar-refractivity contribution is 5.96. The van der Waals surface area contributed by atoms with Gasteiger partial charge < -0.3 is 20.1 Å². The van der Waals surface area contributed by atoms with Crippen molar-refractivity contribution in [3.05, 3.63) is 48.0 Å². The zero-order chi connectivity index (χ0) is 21.8. The van der Waals surface area contributed by atoms with Gasteiger partial charge in [-0.15, -0.1) is 0 Å². The molecule has 8 nitrogen and oxygen atoms in total. The van der Waals surface area contributed by atoms with Gasteiger partial charge in [-0.05, 0) is 69.3 Å². The van der Waals surface area contributed by atoms with E-state index in [-0.39, 0.29) is 36.9 Å². The lowest BCUT2D eigenvalue weighted by atomic mass is 9.95. The number of nitrogens with zero attached hydrogens (tertiary/aromatic N) is 1. The molecular weight excluding hydrogens is 398 g/mol. The first kappa shape index (κ1) is 20.9. The van der Waals surface area contributed by atoms with Gasteiger partial charge in [-0.3, -0.25) is 19.3 Å². The van der Waals surface area contributed by atoms with Crippen molar-refractivity contribution in [2.45, 2.75) is 19.8 Å². The van der Waals surface area contributed by atoms with Gasteiger partial charge in [0.1, 0.15) is 0 Å². The Hall–Kier alpha value is -3.39. The number of likely N-dealkylation sites (tertiary alicyclic amines) is 1. The minimum absolute atomic E-state index is 0.0108. The average Bonchev–Trinajstić information content (AvgIpc) is 3.22. The fourth-order valence-corrected chi connectivity index (χ4v) is 3.76. The lowest BCUT2D eigenvalue weighted by molar-refractivity contribution is -0.121. The van der Waals surface area contributed by atoms with Crippen molar-refractivity contribution in [1.29, 1.82) is 0 Å². The Bertz CT molecular complexity index is 981. The highest BCUT2D eigenvalue weighted by Crippen LogP contribution is 2.34. The highest BCUT2D eigenvalue weighted by Gasteiger charge is 2.26. The summed E-state index contributed by atoms with van der Waals surface area (Å²) in [5.74, 6) is 1.08. The molecule has 1 saturated heterocycles. The summed E-state index contributed by atoms with van der Waals surface area (Å²) in [7, 11) is 0. The zero-order valence-corrected chi connectivity index (χ0v) is 17.3. The van der Waals surface area contributed by atoms with Gasteiger partial charge in [0.2, 0.25) is 18.6 Å². The molecule has 2 aromatic rings. The molecule has 2 heterocycles. The summed E-state index contributed by atoms with van der Waals surface area (Å²) in [6.07, 6.45) is 1.38. The molecule has 0 atom stereocenters. The molecule has 2 aromatic carbocycles. The molecule has 2 aliphatic rings. The van der Waals surface area contributed by atoms with Gasteiger partial charge in [-0.25, -0.2) is 0 Å². The van der Waals surface area contributed by atoms with E-state index in [0.717, 1.165) is 0 Å². The summed E-state index contributed by atoms with van der Waals surface area (Å²) in [5, 5.41) is 5.79. The second-order valence-corrected chi connectivity index (χ2v) is 7.79. The van der Waals surface area contributed by atoms with Crippen LogP contribution in [0.4, 0.5) is 11.4 Å². The maximum absolute atomic E-state index is 12.6. The molecule has 1 fully saturated rings. The first-order valence-corrected chi connectivity index (χ1v) is 10.3. The number of piperidine rings is 1. The first-order valence-electron chi connectivity index (χ1n) is 10.3. The molecule has 0 aliphatic carbocycles. The highest BCUT2D eigenvalue weighted by atomic mass is 16.7. The predicted molar refractivity (Wildman–Crippen MR) is 115 cm³/mol. The molecule has 0 unspecified atom stereocenters. The molecule has 0 bridgehead atoms. The molecule has 162 valence electrons. The minimum Gasteiger partial charge on any atom is -0.454 e. The Morgan fingerprint density at radius 2 is 1.61 bits per heavy atom. The summed E-state index contributed by atoms with van der Waals surface area (Å²) < 4.78 is 10.6. The molecule has 0 aromatic heterocycles. The smallest absolute Gasteiger partial charge is 0.238 e. The third-order valence-electron chi connectivity index (χ3n) is 5.54. The molecule has 0 saturated carbocycles. The van der Waals surface area contributed by atoms with Crippen LogP contribution in [-0.4, -0.2) is 48.9 Å². The van der Waals surface area contributed by atoms with E-state index in [9.17, 15) is 14.4 Å². The number of nitrogens with one attached hydrogen (secondary N) is 2. The molecule has 2 amide bonds. The monoisotopic (exact) mass is 423 g/mol. The average molecular weight is 423 g/mol. The number of anilines is 2. The summed E-state index contributed by atoms with van der Waals surface area (Å²) in [4.78, 5) is 38.3. The van der Waals surface area contributed by atoms with Crippen molar-refractivity contribution in [2.24, 2.45) is 5.92 Å². The first-order chi connectivity index (χ1) is 15.0. The van der Waals surface area contributed by atoms with Crippen molar-refractivity contribution < 1.29 is 23.9 Å². The summed E-state index contributed by atoms with van der Waals surface area (Å²) in [6, 6.07) is 12.2. The Balaban J connectivity index is 1.22. The van der Waals surface area contributed by atoms with E-state index >= 15 is 0 Å². The largest absolute Gasteiger partial charge is 0.454 e. The van der Waals surface area contributed by atoms with Crippen LogP contribution in [0.15, 0.2) is 42.5 Å². The molecule has 0 spiro atoms. The molecule has 0 radical (unpaired) electrons. The Labute approximate surface area is 180 Å². The van der Waals surface area contributed by atoms with Gasteiger partial charge in [0.25, 0.3) is 0 Å². The third kappa shape index (κ3) is 5.21. The van der Waals surface area contributed by atoms with Crippen molar-refractivity contribution in [3.8, 4) is 11.5 Å². The number of ketones is 1. The van der Waals surface area contributed by atoms with Crippen molar-refractivity contribution in [1.82, 2.24) is 4.90 Å². The number of benzene rings is 2. The van der Waals surface area contributed by atoms with E-state index in [4.69, 9.17) is 9.47 Å². The van der Waals surface area contributed by atoms with Crippen LogP contribution >= 0.6 is 0 Å². The molecule has 2 aliphatic heterocycles. The number of rotatable bonds is 6. The number of carbonyl (C=O) groups is 3. The second kappa shape index (κ2) is 9.18. The van der Waals surface area contributed by atoms with Crippen LogP contribution in [0.25, 0.3) is 0 Å². The zero-order valence-electron chi connectivity index (χ0n) is 17.3. The number of ether oxygens (including phenoxy) is 2. The number of carbonyl (C=O) groups excluding carboxylic acids is 3. The van der Waals surface area contributed by atoms with Gasteiger partial charge in [0, 0.05) is 28.9 Å². The topological polar surface area (TPSA) is 97.0 Å². The van der Waals surface area contributed by atoms with Crippen LogP contribution in [-0.2, 0) is 9.59 Å². The van der Waals surface area contributed by atoms with Crippen LogP contribution in [0.5, 0.6) is 11.5 Å². The number of hydrogen-bond acceptors (Lipinski definition) is 6. The van der Waals surface area contributed by atoms with E-state index < -0.39 is 0 Å². The molecule has 8 heteroatoms. The summed E-state index contributed by atoms with van der Waals surface area (Å²) >= 11 is 0. The summed E-state index contributed by atoms with van der Waals surface area (Å²) in [6.45, 7) is 3.33. The van der Waals surface area contributed by atoms with Gasteiger partial charge in [-0.1, -0.05) is 0 Å². The Kier molecular flexibility index (Phi) is 6.18. The maximum atomic E-state index is 12.6. The third-order valence-corrected chi connectivity index (χ3v) is 5.54. The molecule has 31 heavy (non-hydrogen) atoms. The van der Waals surface area contributed by atoms with Crippen molar-refractivity contribution >= 4 is 29.0 Å². The van der Waals surface area contributed by atoms with Crippen molar-refractivity contribution in [3.63, 3.8) is 0 Å². The quantitative estimate of drug-likeness (QED) is 0.694. The van der Waals surface area contributed by atoms with E-state index in [1.54, 1.807) is 42.5 Å². The lowest BCUT2D eigenvalue weighted by Crippen LogP contribution is -2.41. The van der Waals surface area contributed by atoms with Gasteiger partial charge in [-0.2, -0.15) is 0 Å².